The maximum atomic E-state index is 5.80. The Morgan fingerprint density at radius 2 is 2.14 bits per heavy atom. The molecular formula is C18H25N3. The molecule has 21 heavy (non-hydrogen) atoms. The fraction of sp³-hybridized carbons (Fsp3) is 0.500. The molecule has 0 amide bonds. The maximum absolute atomic E-state index is 5.80. The van der Waals surface area contributed by atoms with Crippen molar-refractivity contribution >= 4 is 0 Å². The lowest BCUT2D eigenvalue weighted by molar-refractivity contribution is 0.526. The average molecular weight is 283 g/mol. The molecule has 2 N–H and O–H groups in total. The van der Waals surface area contributed by atoms with Crippen LogP contribution in [0.5, 0.6) is 0 Å². The summed E-state index contributed by atoms with van der Waals surface area (Å²) in [6, 6.07) is 6.98. The van der Waals surface area contributed by atoms with Gasteiger partial charge >= 0.3 is 0 Å². The van der Waals surface area contributed by atoms with Gasteiger partial charge in [0.15, 0.2) is 0 Å². The van der Waals surface area contributed by atoms with Crippen LogP contribution in [0.3, 0.4) is 0 Å². The lowest BCUT2D eigenvalue weighted by atomic mass is 9.79. The van der Waals surface area contributed by atoms with E-state index in [9.17, 15) is 0 Å². The van der Waals surface area contributed by atoms with Gasteiger partial charge in [0.2, 0.25) is 0 Å². The summed E-state index contributed by atoms with van der Waals surface area (Å²) in [6.07, 6.45) is 4.88. The Hall–Kier alpha value is -1.61. The normalized spacial score (nSPS) is 17.8. The Bertz CT molecular complexity index is 655. The van der Waals surface area contributed by atoms with Gasteiger partial charge in [-0.15, -0.1) is 0 Å². The third-order valence-corrected chi connectivity index (χ3v) is 4.90. The molecule has 3 nitrogen and oxygen atoms in total. The molecule has 1 aromatic carbocycles. The van der Waals surface area contributed by atoms with E-state index in [0.29, 0.717) is 5.92 Å². The van der Waals surface area contributed by atoms with Crippen molar-refractivity contribution in [1.82, 2.24) is 9.78 Å². The van der Waals surface area contributed by atoms with Crippen LogP contribution in [0, 0.1) is 13.8 Å². The molecule has 1 unspecified atom stereocenters. The number of benzene rings is 1. The summed E-state index contributed by atoms with van der Waals surface area (Å²) in [5, 5.41) is 4.55. The van der Waals surface area contributed by atoms with E-state index in [-0.39, 0.29) is 0 Å². The van der Waals surface area contributed by atoms with Crippen LogP contribution >= 0.6 is 0 Å². The van der Waals surface area contributed by atoms with Gasteiger partial charge in [0.05, 0.1) is 5.69 Å². The van der Waals surface area contributed by atoms with E-state index in [2.05, 4.69) is 37.1 Å². The molecule has 1 aliphatic carbocycles. The second-order valence-electron chi connectivity index (χ2n) is 6.25. The van der Waals surface area contributed by atoms with Crippen molar-refractivity contribution in [3.05, 3.63) is 40.7 Å². The molecule has 3 rings (SSSR count). The number of nitrogens with two attached hydrogens (primary N) is 1. The summed E-state index contributed by atoms with van der Waals surface area (Å²) < 4.78 is 1.97. The van der Waals surface area contributed by atoms with Gasteiger partial charge in [-0.05, 0) is 68.7 Å². The zero-order valence-corrected chi connectivity index (χ0v) is 13.3. The van der Waals surface area contributed by atoms with Crippen molar-refractivity contribution in [2.75, 3.05) is 6.54 Å². The van der Waals surface area contributed by atoms with Crippen molar-refractivity contribution in [2.45, 2.75) is 45.4 Å². The zero-order valence-electron chi connectivity index (χ0n) is 13.3. The summed E-state index contributed by atoms with van der Waals surface area (Å²) in [5.41, 5.74) is 13.8. The predicted octanol–water partition coefficient (Wildman–Crippen LogP) is 3.47. The first kappa shape index (κ1) is 14.3. The minimum atomic E-state index is 0.635. The molecule has 1 aromatic heterocycles. The minimum Gasteiger partial charge on any atom is -0.330 e. The van der Waals surface area contributed by atoms with E-state index >= 15 is 0 Å². The Labute approximate surface area is 127 Å². The van der Waals surface area contributed by atoms with Crippen molar-refractivity contribution in [2.24, 2.45) is 12.8 Å². The molecule has 2 aromatic rings. The highest BCUT2D eigenvalue weighted by atomic mass is 15.3. The molecule has 0 spiro atoms. The molecule has 1 aliphatic rings. The number of nitrogens with zero attached hydrogens (tertiary/aromatic N) is 2. The van der Waals surface area contributed by atoms with Gasteiger partial charge in [0.1, 0.15) is 0 Å². The molecule has 1 heterocycles. The fourth-order valence-electron chi connectivity index (χ4n) is 3.74. The first-order chi connectivity index (χ1) is 10.1. The van der Waals surface area contributed by atoms with Crippen LogP contribution < -0.4 is 5.73 Å². The third-order valence-electron chi connectivity index (χ3n) is 4.90. The zero-order chi connectivity index (χ0) is 15.0. The fourth-order valence-corrected chi connectivity index (χ4v) is 3.74. The van der Waals surface area contributed by atoms with Gasteiger partial charge in [-0.25, -0.2) is 0 Å². The summed E-state index contributed by atoms with van der Waals surface area (Å²) >= 11 is 0. The highest BCUT2D eigenvalue weighted by Gasteiger charge is 2.21. The summed E-state index contributed by atoms with van der Waals surface area (Å²) in [4.78, 5) is 0. The molecular weight excluding hydrogens is 258 g/mol. The SMILES string of the molecule is Cc1nn(C)c(C)c1-c1ccc2c(c1)C(CCN)CCC2. The van der Waals surface area contributed by atoms with E-state index in [4.69, 9.17) is 5.73 Å². The van der Waals surface area contributed by atoms with Gasteiger partial charge in [-0.1, -0.05) is 18.2 Å². The Morgan fingerprint density at radius 3 is 2.81 bits per heavy atom. The van der Waals surface area contributed by atoms with E-state index in [1.54, 1.807) is 0 Å². The van der Waals surface area contributed by atoms with Gasteiger partial charge in [0.25, 0.3) is 0 Å². The van der Waals surface area contributed by atoms with Crippen LogP contribution in [0.1, 0.15) is 47.7 Å². The summed E-state index contributed by atoms with van der Waals surface area (Å²) in [5.74, 6) is 0.635. The first-order valence-corrected chi connectivity index (χ1v) is 7.95. The molecule has 0 aliphatic heterocycles. The molecule has 0 bridgehead atoms. The van der Waals surface area contributed by atoms with E-state index < -0.39 is 0 Å². The standard InChI is InChI=1S/C18H25N3/c1-12-18(13(2)21(3)20-12)16-8-7-14-5-4-6-15(9-10-19)17(14)11-16/h7-8,11,15H,4-6,9-10,19H2,1-3H3. The molecule has 0 radical (unpaired) electrons. The van der Waals surface area contributed by atoms with Crippen LogP contribution in [-0.4, -0.2) is 16.3 Å². The predicted molar refractivity (Wildman–Crippen MR) is 87.5 cm³/mol. The number of rotatable bonds is 3. The lowest BCUT2D eigenvalue weighted by Gasteiger charge is -2.26. The van der Waals surface area contributed by atoms with Crippen molar-refractivity contribution in [3.63, 3.8) is 0 Å². The van der Waals surface area contributed by atoms with E-state index in [1.807, 2.05) is 11.7 Å². The summed E-state index contributed by atoms with van der Waals surface area (Å²) in [7, 11) is 2.02. The van der Waals surface area contributed by atoms with E-state index in [1.165, 1.54) is 47.2 Å². The highest BCUT2D eigenvalue weighted by molar-refractivity contribution is 5.70. The number of aryl methyl sites for hydroxylation is 3. The van der Waals surface area contributed by atoms with Crippen molar-refractivity contribution < 1.29 is 0 Å². The second kappa shape index (κ2) is 5.64. The molecule has 0 saturated carbocycles. The Balaban J connectivity index is 2.07. The van der Waals surface area contributed by atoms with Crippen molar-refractivity contribution in [1.29, 1.82) is 0 Å². The molecule has 0 saturated heterocycles. The van der Waals surface area contributed by atoms with Gasteiger partial charge < -0.3 is 5.73 Å². The number of hydrogen-bond donors (Lipinski definition) is 1. The minimum absolute atomic E-state index is 0.635. The van der Waals surface area contributed by atoms with Crippen LogP contribution in [-0.2, 0) is 13.5 Å². The average Bonchev–Trinajstić information content (AvgIpc) is 2.72. The molecule has 0 fully saturated rings. The number of hydrogen-bond acceptors (Lipinski definition) is 2. The van der Waals surface area contributed by atoms with Crippen molar-refractivity contribution in [3.8, 4) is 11.1 Å². The second-order valence-corrected chi connectivity index (χ2v) is 6.25. The number of fused-ring (bicyclic) bond motifs is 1. The number of aromatic nitrogens is 2. The van der Waals surface area contributed by atoms with Crippen LogP contribution in [0.4, 0.5) is 0 Å². The lowest BCUT2D eigenvalue weighted by Crippen LogP contribution is -2.14. The maximum Gasteiger partial charge on any atom is 0.0674 e. The van der Waals surface area contributed by atoms with Gasteiger partial charge in [-0.2, -0.15) is 5.10 Å². The monoisotopic (exact) mass is 283 g/mol. The highest BCUT2D eigenvalue weighted by Crippen LogP contribution is 2.37. The Morgan fingerprint density at radius 1 is 1.33 bits per heavy atom. The van der Waals surface area contributed by atoms with Crippen LogP contribution in [0.25, 0.3) is 11.1 Å². The quantitative estimate of drug-likeness (QED) is 0.937. The molecule has 1 atom stereocenters. The third kappa shape index (κ3) is 2.51. The largest absolute Gasteiger partial charge is 0.330 e. The smallest absolute Gasteiger partial charge is 0.0674 e. The first-order valence-electron chi connectivity index (χ1n) is 7.95. The van der Waals surface area contributed by atoms with Gasteiger partial charge in [0, 0.05) is 18.3 Å². The summed E-state index contributed by atoms with van der Waals surface area (Å²) in [6.45, 7) is 5.02. The van der Waals surface area contributed by atoms with E-state index in [0.717, 1.165) is 18.7 Å². The van der Waals surface area contributed by atoms with Crippen LogP contribution in [0.2, 0.25) is 0 Å². The van der Waals surface area contributed by atoms with Crippen LogP contribution in [0.15, 0.2) is 18.2 Å². The topological polar surface area (TPSA) is 43.8 Å². The Kier molecular flexibility index (Phi) is 3.85. The molecule has 112 valence electrons. The van der Waals surface area contributed by atoms with Gasteiger partial charge in [-0.3, -0.25) is 4.68 Å². The molecule has 3 heteroatoms.